The summed E-state index contributed by atoms with van der Waals surface area (Å²) in [6.07, 6.45) is 0.540. The number of rotatable bonds is 9. The van der Waals surface area contributed by atoms with Crippen molar-refractivity contribution >= 4 is 27.5 Å². The first-order valence-electron chi connectivity index (χ1n) is 8.30. The molecule has 8 heteroatoms. The maximum absolute atomic E-state index is 12.4. The second-order valence-corrected chi connectivity index (χ2v) is 8.58. The van der Waals surface area contributed by atoms with Crippen LogP contribution in [0.1, 0.15) is 37.7 Å². The molecule has 1 saturated heterocycles. The Hall–Kier alpha value is -1.02. The topological polar surface area (TPSA) is 38.3 Å². The maximum atomic E-state index is 12.4. The van der Waals surface area contributed by atoms with Gasteiger partial charge in [-0.05, 0) is 43.5 Å². The van der Waals surface area contributed by atoms with Gasteiger partial charge in [-0.15, -0.1) is 0 Å². The van der Waals surface area contributed by atoms with Gasteiger partial charge in [0.25, 0.3) is 0 Å². The van der Waals surface area contributed by atoms with Crippen molar-refractivity contribution in [2.75, 3.05) is 18.9 Å². The van der Waals surface area contributed by atoms with E-state index in [0.717, 1.165) is 30.2 Å². The lowest BCUT2D eigenvalue weighted by Gasteiger charge is -2.10. The normalized spacial score (nSPS) is 17.5. The number of benzene rings is 1. The number of hydrogen-bond acceptors (Lipinski definition) is 4. The zero-order valence-electron chi connectivity index (χ0n) is 13.8. The standard InChI is InChI=1S/C17H22F3NO2S2/c18-17(19,20)13-5-7-14(8-6-13)23-11-10-21-16(22)4-2-1-3-15-9-12-24-25-15/h5-8,15H,1-4,9-12H2,(H,21,22). The van der Waals surface area contributed by atoms with Crippen molar-refractivity contribution < 1.29 is 22.7 Å². The van der Waals surface area contributed by atoms with Crippen LogP contribution in [0, 0.1) is 0 Å². The molecule has 3 nitrogen and oxygen atoms in total. The minimum absolute atomic E-state index is 0.00975. The molecule has 0 radical (unpaired) electrons. The van der Waals surface area contributed by atoms with Gasteiger partial charge in [0, 0.05) is 17.4 Å². The third kappa shape index (κ3) is 7.81. The molecule has 25 heavy (non-hydrogen) atoms. The first-order chi connectivity index (χ1) is 11.9. The Morgan fingerprint density at radius 2 is 2.00 bits per heavy atom. The molecule has 2 rings (SSSR count). The van der Waals surface area contributed by atoms with E-state index in [-0.39, 0.29) is 12.5 Å². The molecule has 1 amide bonds. The molecule has 1 atom stereocenters. The predicted molar refractivity (Wildman–Crippen MR) is 96.9 cm³/mol. The number of unbranched alkanes of at least 4 members (excludes halogenated alkanes) is 1. The first kappa shape index (κ1) is 20.3. The van der Waals surface area contributed by atoms with E-state index in [1.807, 2.05) is 21.6 Å². The van der Waals surface area contributed by atoms with E-state index in [9.17, 15) is 18.0 Å². The third-order valence-electron chi connectivity index (χ3n) is 3.78. The minimum atomic E-state index is -4.35. The molecular weight excluding hydrogens is 371 g/mol. The number of carbonyl (C=O) groups is 1. The monoisotopic (exact) mass is 393 g/mol. The van der Waals surface area contributed by atoms with Gasteiger partial charge in [-0.3, -0.25) is 4.79 Å². The highest BCUT2D eigenvalue weighted by atomic mass is 33.1. The Bertz CT molecular complexity index is 532. The van der Waals surface area contributed by atoms with E-state index in [0.29, 0.717) is 18.7 Å². The van der Waals surface area contributed by atoms with Crippen LogP contribution in [0.15, 0.2) is 24.3 Å². The van der Waals surface area contributed by atoms with Gasteiger partial charge in [-0.25, -0.2) is 0 Å². The van der Waals surface area contributed by atoms with E-state index in [1.165, 1.54) is 30.7 Å². The van der Waals surface area contributed by atoms with Crippen molar-refractivity contribution in [3.8, 4) is 5.75 Å². The summed E-state index contributed by atoms with van der Waals surface area (Å²) in [5.41, 5.74) is -0.706. The Morgan fingerprint density at radius 1 is 1.24 bits per heavy atom. The van der Waals surface area contributed by atoms with Crippen LogP contribution in [0.5, 0.6) is 5.75 Å². The number of carbonyl (C=O) groups excluding carboxylic acids is 1. The van der Waals surface area contributed by atoms with Gasteiger partial charge in [0.15, 0.2) is 0 Å². The number of hydrogen-bond donors (Lipinski definition) is 1. The van der Waals surface area contributed by atoms with Crippen LogP contribution in [-0.2, 0) is 11.0 Å². The van der Waals surface area contributed by atoms with Crippen LogP contribution in [0.25, 0.3) is 0 Å². The fourth-order valence-corrected chi connectivity index (χ4v) is 5.44. The minimum Gasteiger partial charge on any atom is -0.492 e. The van der Waals surface area contributed by atoms with Gasteiger partial charge in [0.05, 0.1) is 12.1 Å². The summed E-state index contributed by atoms with van der Waals surface area (Å²) in [5.74, 6) is 1.58. The number of nitrogens with one attached hydrogen (secondary N) is 1. The summed E-state index contributed by atoms with van der Waals surface area (Å²) in [6, 6.07) is 4.53. The summed E-state index contributed by atoms with van der Waals surface area (Å²) < 4.78 is 42.6. The summed E-state index contributed by atoms with van der Waals surface area (Å²) in [4.78, 5) is 11.7. The van der Waals surface area contributed by atoms with Crippen LogP contribution in [0.3, 0.4) is 0 Å². The van der Waals surface area contributed by atoms with Gasteiger partial charge < -0.3 is 10.1 Å². The second kappa shape index (κ2) is 10.2. The predicted octanol–water partition coefficient (Wildman–Crippen LogP) is 4.91. The number of halogens is 3. The van der Waals surface area contributed by atoms with Gasteiger partial charge >= 0.3 is 6.18 Å². The van der Waals surface area contributed by atoms with Crippen LogP contribution < -0.4 is 10.1 Å². The molecule has 0 saturated carbocycles. The van der Waals surface area contributed by atoms with Gasteiger partial charge in [-0.1, -0.05) is 28.0 Å². The summed E-state index contributed by atoms with van der Waals surface area (Å²) in [6.45, 7) is 0.571. The number of ether oxygens (including phenoxy) is 1. The zero-order chi connectivity index (χ0) is 18.1. The lowest BCUT2D eigenvalue weighted by Crippen LogP contribution is -2.27. The molecule has 1 unspecified atom stereocenters. The molecule has 140 valence electrons. The Balaban J connectivity index is 1.52. The van der Waals surface area contributed by atoms with Crippen LogP contribution in [0.4, 0.5) is 13.2 Å². The molecule has 1 aromatic rings. The molecule has 1 heterocycles. The average molecular weight is 393 g/mol. The quantitative estimate of drug-likeness (QED) is 0.478. The first-order valence-corrected chi connectivity index (χ1v) is 10.7. The molecule has 1 aliphatic rings. The average Bonchev–Trinajstić information content (AvgIpc) is 3.09. The molecule has 1 N–H and O–H groups in total. The summed E-state index contributed by atoms with van der Waals surface area (Å²) >= 11 is 0. The van der Waals surface area contributed by atoms with E-state index in [1.54, 1.807) is 0 Å². The highest BCUT2D eigenvalue weighted by molar-refractivity contribution is 8.77. The highest BCUT2D eigenvalue weighted by Gasteiger charge is 2.30. The van der Waals surface area contributed by atoms with Gasteiger partial charge in [0.2, 0.25) is 5.91 Å². The van der Waals surface area contributed by atoms with Crippen molar-refractivity contribution in [2.24, 2.45) is 0 Å². The summed E-state index contributed by atoms with van der Waals surface area (Å²) in [7, 11) is 3.88. The lowest BCUT2D eigenvalue weighted by atomic mass is 10.1. The van der Waals surface area contributed by atoms with Crippen molar-refractivity contribution in [1.29, 1.82) is 0 Å². The van der Waals surface area contributed by atoms with E-state index in [2.05, 4.69) is 5.32 Å². The molecule has 0 bridgehead atoms. The molecule has 1 aliphatic heterocycles. The molecular formula is C17H22F3NO2S2. The van der Waals surface area contributed by atoms with E-state index >= 15 is 0 Å². The highest BCUT2D eigenvalue weighted by Crippen LogP contribution is 2.39. The number of amides is 1. The second-order valence-electron chi connectivity index (χ2n) is 5.80. The van der Waals surface area contributed by atoms with Crippen LogP contribution in [-0.4, -0.2) is 30.1 Å². The van der Waals surface area contributed by atoms with Gasteiger partial charge in [0.1, 0.15) is 12.4 Å². The van der Waals surface area contributed by atoms with Crippen molar-refractivity contribution in [3.63, 3.8) is 0 Å². The van der Waals surface area contributed by atoms with Crippen molar-refractivity contribution in [3.05, 3.63) is 29.8 Å². The van der Waals surface area contributed by atoms with E-state index in [4.69, 9.17) is 4.74 Å². The summed E-state index contributed by atoms with van der Waals surface area (Å²) in [5, 5.41) is 3.50. The lowest BCUT2D eigenvalue weighted by molar-refractivity contribution is -0.137. The fraction of sp³-hybridized carbons (Fsp3) is 0.588. The molecule has 0 aromatic heterocycles. The third-order valence-corrected chi connectivity index (χ3v) is 6.79. The van der Waals surface area contributed by atoms with Crippen LogP contribution in [0.2, 0.25) is 0 Å². The molecule has 1 fully saturated rings. The van der Waals surface area contributed by atoms with E-state index < -0.39 is 11.7 Å². The Kier molecular flexibility index (Phi) is 8.29. The zero-order valence-corrected chi connectivity index (χ0v) is 15.4. The Labute approximate surface area is 153 Å². The smallest absolute Gasteiger partial charge is 0.416 e. The molecule has 1 aromatic carbocycles. The maximum Gasteiger partial charge on any atom is 0.416 e. The molecule has 0 spiro atoms. The number of alkyl halides is 3. The Morgan fingerprint density at radius 3 is 2.64 bits per heavy atom. The largest absolute Gasteiger partial charge is 0.492 e. The van der Waals surface area contributed by atoms with Gasteiger partial charge in [-0.2, -0.15) is 13.2 Å². The molecule has 0 aliphatic carbocycles. The SMILES string of the molecule is O=C(CCCCC1CCSS1)NCCOc1ccc(C(F)(F)F)cc1. The van der Waals surface area contributed by atoms with Crippen LogP contribution >= 0.6 is 21.6 Å². The van der Waals surface area contributed by atoms with Crippen molar-refractivity contribution in [1.82, 2.24) is 5.32 Å². The van der Waals surface area contributed by atoms with Crippen molar-refractivity contribution in [2.45, 2.75) is 43.5 Å². The fourth-order valence-electron chi connectivity index (χ4n) is 2.41.